The molecule has 234 valence electrons. The molecule has 0 saturated carbocycles. The molecule has 12 heteroatoms. The third kappa shape index (κ3) is 8.23. The van der Waals surface area contributed by atoms with Crippen LogP contribution in [0.2, 0.25) is 0 Å². The maximum absolute atomic E-state index is 12.8. The molecule has 0 spiro atoms. The lowest BCUT2D eigenvalue weighted by atomic mass is 9.88. The molecule has 2 aliphatic rings. The molecule has 0 saturated heterocycles. The van der Waals surface area contributed by atoms with E-state index < -0.39 is 30.5 Å². The van der Waals surface area contributed by atoms with E-state index in [-0.39, 0.29) is 6.42 Å². The summed E-state index contributed by atoms with van der Waals surface area (Å²) < 4.78 is 53.6. The Kier molecular flexibility index (Phi) is 10.3. The van der Waals surface area contributed by atoms with Gasteiger partial charge in [0, 0.05) is 23.5 Å². The average Bonchev–Trinajstić information content (AvgIpc) is 3.47. The van der Waals surface area contributed by atoms with Crippen molar-refractivity contribution in [1.82, 2.24) is 9.97 Å². The van der Waals surface area contributed by atoms with Gasteiger partial charge in [-0.3, -0.25) is 4.79 Å². The number of nitrogens with zero attached hydrogens (tertiary/aromatic N) is 2. The first-order valence-electron chi connectivity index (χ1n) is 14.6. The van der Waals surface area contributed by atoms with Gasteiger partial charge in [-0.2, -0.15) is 13.2 Å². The number of carbonyl (C=O) groups excluding carboxylic acids is 2. The molecule has 0 radical (unpaired) electrons. The van der Waals surface area contributed by atoms with Crippen LogP contribution in [0.5, 0.6) is 5.75 Å². The van der Waals surface area contributed by atoms with Crippen LogP contribution in [0.1, 0.15) is 64.7 Å². The zero-order valence-electron chi connectivity index (χ0n) is 24.4. The number of alkyl halides is 3. The minimum atomic E-state index is -5.27. The number of methoxy groups -OCH3 is 1. The normalized spacial score (nSPS) is 15.5. The Bertz CT molecular complexity index is 1520. The Morgan fingerprint density at radius 3 is 2.75 bits per heavy atom. The van der Waals surface area contributed by atoms with Gasteiger partial charge in [0.15, 0.2) is 0 Å². The van der Waals surface area contributed by atoms with Crippen molar-refractivity contribution in [2.24, 2.45) is 0 Å². The molecule has 1 atom stereocenters. The second-order valence-corrected chi connectivity index (χ2v) is 11.7. The third-order valence-corrected chi connectivity index (χ3v) is 8.64. The fourth-order valence-corrected chi connectivity index (χ4v) is 6.33. The van der Waals surface area contributed by atoms with Gasteiger partial charge >= 0.3 is 18.1 Å². The number of carbonyl (C=O) groups is 2. The number of nitrogens with one attached hydrogen (secondary N) is 1. The number of thiazole rings is 1. The molecule has 0 aliphatic carbocycles. The van der Waals surface area contributed by atoms with Crippen LogP contribution in [0.25, 0.3) is 5.57 Å². The molecule has 0 amide bonds. The summed E-state index contributed by atoms with van der Waals surface area (Å²) in [6, 6.07) is 9.77. The SMILES string of the molecule is COc1ccc(C2=CCOCC2)cc1[C@@H](CC(=O)OC(=O)C(F)(F)F)Cc1csc(CCCc2ccc3c(n2)NCCC3)n1. The van der Waals surface area contributed by atoms with Crippen molar-refractivity contribution in [3.63, 3.8) is 0 Å². The van der Waals surface area contributed by atoms with Crippen molar-refractivity contribution in [1.29, 1.82) is 0 Å². The number of hydrogen-bond acceptors (Lipinski definition) is 9. The fraction of sp³-hybridized carbons (Fsp3) is 0.438. The van der Waals surface area contributed by atoms with Gasteiger partial charge in [-0.25, -0.2) is 14.8 Å². The number of esters is 2. The van der Waals surface area contributed by atoms with E-state index in [1.807, 2.05) is 23.6 Å². The first-order chi connectivity index (χ1) is 21.2. The summed E-state index contributed by atoms with van der Waals surface area (Å²) in [4.78, 5) is 33.5. The van der Waals surface area contributed by atoms with Crippen molar-refractivity contribution in [3.05, 3.63) is 74.9 Å². The molecule has 8 nitrogen and oxygen atoms in total. The van der Waals surface area contributed by atoms with Gasteiger partial charge in [0.2, 0.25) is 0 Å². The Labute approximate surface area is 257 Å². The van der Waals surface area contributed by atoms with E-state index in [2.05, 4.69) is 22.2 Å². The fourth-order valence-electron chi connectivity index (χ4n) is 5.48. The monoisotopic (exact) mass is 629 g/mol. The molecule has 2 aliphatic heterocycles. The summed E-state index contributed by atoms with van der Waals surface area (Å²) in [5.41, 5.74) is 5.55. The van der Waals surface area contributed by atoms with Crippen LogP contribution in [0, 0.1) is 0 Å². The molecule has 1 N–H and O–H groups in total. The number of pyridine rings is 1. The summed E-state index contributed by atoms with van der Waals surface area (Å²) >= 11 is 1.50. The number of fused-ring (bicyclic) bond motifs is 1. The first-order valence-corrected chi connectivity index (χ1v) is 15.5. The minimum Gasteiger partial charge on any atom is -0.496 e. The molecule has 0 bridgehead atoms. The van der Waals surface area contributed by atoms with E-state index in [0.717, 1.165) is 66.3 Å². The van der Waals surface area contributed by atoms with Crippen LogP contribution < -0.4 is 10.1 Å². The lowest BCUT2D eigenvalue weighted by Gasteiger charge is -2.21. The first kappa shape index (κ1) is 31.6. The number of hydrogen-bond donors (Lipinski definition) is 1. The van der Waals surface area contributed by atoms with E-state index >= 15 is 0 Å². The van der Waals surface area contributed by atoms with Gasteiger partial charge in [-0.1, -0.05) is 18.2 Å². The van der Waals surface area contributed by atoms with Crippen LogP contribution in [-0.4, -0.2) is 55.0 Å². The van der Waals surface area contributed by atoms with Gasteiger partial charge in [0.05, 0.1) is 37.4 Å². The van der Waals surface area contributed by atoms with Crippen LogP contribution in [-0.2, 0) is 44.7 Å². The van der Waals surface area contributed by atoms with Crippen LogP contribution in [0.15, 0.2) is 41.8 Å². The summed E-state index contributed by atoms with van der Waals surface area (Å²) in [5, 5.41) is 6.17. The zero-order chi connectivity index (χ0) is 31.1. The van der Waals surface area contributed by atoms with Gasteiger partial charge in [-0.15, -0.1) is 11.3 Å². The largest absolute Gasteiger partial charge is 0.496 e. The number of rotatable bonds is 11. The maximum atomic E-state index is 12.8. The van der Waals surface area contributed by atoms with E-state index in [1.54, 1.807) is 6.07 Å². The van der Waals surface area contributed by atoms with E-state index in [0.29, 0.717) is 36.6 Å². The lowest BCUT2D eigenvalue weighted by molar-refractivity contribution is -0.202. The van der Waals surface area contributed by atoms with Crippen molar-refractivity contribution >= 4 is 34.7 Å². The van der Waals surface area contributed by atoms with Crippen molar-refractivity contribution in [2.75, 3.05) is 32.2 Å². The number of halogens is 3. The highest BCUT2D eigenvalue weighted by Crippen LogP contribution is 2.36. The van der Waals surface area contributed by atoms with Crippen LogP contribution >= 0.6 is 11.3 Å². The highest BCUT2D eigenvalue weighted by Gasteiger charge is 2.42. The van der Waals surface area contributed by atoms with Gasteiger partial charge in [-0.05, 0) is 85.4 Å². The lowest BCUT2D eigenvalue weighted by Crippen LogP contribution is -2.28. The average molecular weight is 630 g/mol. The minimum absolute atomic E-state index is 0.242. The number of benzene rings is 1. The molecule has 2 aromatic heterocycles. The molecule has 3 aromatic rings. The number of ether oxygens (including phenoxy) is 3. The Balaban J connectivity index is 1.31. The molecule has 44 heavy (non-hydrogen) atoms. The van der Waals surface area contributed by atoms with E-state index in [9.17, 15) is 22.8 Å². The highest BCUT2D eigenvalue weighted by molar-refractivity contribution is 7.09. The van der Waals surface area contributed by atoms with Gasteiger partial charge in [0.1, 0.15) is 11.6 Å². The molecule has 0 unspecified atom stereocenters. The van der Waals surface area contributed by atoms with Crippen LogP contribution in [0.4, 0.5) is 19.0 Å². The number of aryl methyl sites for hydroxylation is 3. The van der Waals surface area contributed by atoms with Crippen molar-refractivity contribution in [2.45, 2.75) is 63.5 Å². The Morgan fingerprint density at radius 2 is 1.98 bits per heavy atom. The predicted molar refractivity (Wildman–Crippen MR) is 160 cm³/mol. The Morgan fingerprint density at radius 1 is 1.11 bits per heavy atom. The summed E-state index contributed by atoms with van der Waals surface area (Å²) in [5.74, 6) is -3.00. The number of anilines is 1. The molecule has 1 aromatic carbocycles. The molecular weight excluding hydrogens is 595 g/mol. The summed E-state index contributed by atoms with van der Waals surface area (Å²) in [6.07, 6.45) is 1.72. The number of aromatic nitrogens is 2. The van der Waals surface area contributed by atoms with Gasteiger partial charge < -0.3 is 19.5 Å². The summed E-state index contributed by atoms with van der Waals surface area (Å²) in [6.45, 7) is 1.99. The second kappa shape index (κ2) is 14.3. The molecular formula is C32H34F3N3O5S. The topological polar surface area (TPSA) is 99.6 Å². The Hall–Kier alpha value is -3.77. The van der Waals surface area contributed by atoms with Crippen molar-refractivity contribution in [3.8, 4) is 5.75 Å². The molecule has 5 rings (SSSR count). The smallest absolute Gasteiger partial charge is 0.491 e. The quantitative estimate of drug-likeness (QED) is 0.197. The predicted octanol–water partition coefficient (Wildman–Crippen LogP) is 6.23. The molecule has 4 heterocycles. The standard InChI is InChI=1S/C32H34F3N3O5S/c1-41-27-10-8-22(20-11-14-42-15-12-20)17-26(27)23(18-29(39)43-31(40)32(33,34)35)16-25-19-44-28(37-25)6-2-5-24-9-7-21-4-3-13-36-30(21)38-24/h7-11,17,19,23H,2-6,12-16,18H2,1H3,(H,36,38)/t23-/m1/s1. The van der Waals surface area contributed by atoms with Crippen molar-refractivity contribution < 1.29 is 37.0 Å². The van der Waals surface area contributed by atoms with E-state index in [1.165, 1.54) is 24.0 Å². The third-order valence-electron chi connectivity index (χ3n) is 7.68. The molecule has 0 fully saturated rings. The maximum Gasteiger partial charge on any atom is 0.491 e. The second-order valence-electron chi connectivity index (χ2n) is 10.8. The highest BCUT2D eigenvalue weighted by atomic mass is 32.1. The van der Waals surface area contributed by atoms with E-state index in [4.69, 9.17) is 19.4 Å². The van der Waals surface area contributed by atoms with Gasteiger partial charge in [0.25, 0.3) is 0 Å². The summed E-state index contributed by atoms with van der Waals surface area (Å²) in [7, 11) is 1.49. The van der Waals surface area contributed by atoms with Crippen LogP contribution in [0.3, 0.4) is 0 Å². The zero-order valence-corrected chi connectivity index (χ0v) is 25.2.